The number of hydrogen-bond donors (Lipinski definition) is 2. The van der Waals surface area contributed by atoms with Crippen LogP contribution in [0.1, 0.15) is 36.9 Å². The van der Waals surface area contributed by atoms with Gasteiger partial charge in [-0.25, -0.2) is 0 Å². The number of carbonyl (C=O) groups is 1. The predicted molar refractivity (Wildman–Crippen MR) is 93.7 cm³/mol. The third-order valence-electron chi connectivity index (χ3n) is 4.37. The molecule has 2 heterocycles. The molecule has 0 bridgehead atoms. The molecule has 2 N–H and O–H groups in total. The van der Waals surface area contributed by atoms with Crippen LogP contribution >= 0.6 is 0 Å². The lowest BCUT2D eigenvalue weighted by molar-refractivity contribution is -0.140. The molecule has 0 saturated carbocycles. The van der Waals surface area contributed by atoms with Crippen molar-refractivity contribution in [3.8, 4) is 0 Å². The third-order valence-corrected chi connectivity index (χ3v) is 4.37. The smallest absolute Gasteiger partial charge is 0.305 e. The summed E-state index contributed by atoms with van der Waals surface area (Å²) in [5, 5.41) is 11.6. The molecule has 0 unspecified atom stereocenters. The fourth-order valence-corrected chi connectivity index (χ4v) is 3.06. The Balaban J connectivity index is 1.75. The Morgan fingerprint density at radius 2 is 2.08 bits per heavy atom. The maximum Gasteiger partial charge on any atom is 0.305 e. The van der Waals surface area contributed by atoms with E-state index < -0.39 is 0 Å². The van der Waals surface area contributed by atoms with E-state index in [2.05, 4.69) is 14.7 Å². The first kappa shape index (κ1) is 16.5. The van der Waals surface area contributed by atoms with E-state index in [9.17, 15) is 9.90 Å². The van der Waals surface area contributed by atoms with Crippen LogP contribution in [0.5, 0.6) is 0 Å². The van der Waals surface area contributed by atoms with Gasteiger partial charge < -0.3 is 14.8 Å². The second-order valence-electron chi connectivity index (χ2n) is 5.98. The average molecular weight is 326 g/mol. The number of aromatic amines is 1. The summed E-state index contributed by atoms with van der Waals surface area (Å²) in [4.78, 5) is 19.1. The largest absolute Gasteiger partial charge is 0.469 e. The summed E-state index contributed by atoms with van der Waals surface area (Å²) in [7, 11) is 1.42. The number of ether oxygens (including phenoxy) is 1. The number of fused-ring (bicyclic) bond motifs is 3. The molecule has 0 saturated heterocycles. The van der Waals surface area contributed by atoms with Crippen LogP contribution in [-0.4, -0.2) is 28.2 Å². The SMILES string of the molecule is COC(=O)CCCCCc1nccc2c1[nH]c1cc(CO)ccc12. The Labute approximate surface area is 140 Å². The van der Waals surface area contributed by atoms with Crippen LogP contribution in [0, 0.1) is 0 Å². The standard InChI is InChI=1S/C19H22N2O3/c1-24-18(23)6-4-2-3-5-16-19-15(9-10-20-16)14-8-7-13(12-22)11-17(14)21-19/h7-11,21-22H,2-6,12H2,1H3. The van der Waals surface area contributed by atoms with Gasteiger partial charge >= 0.3 is 5.97 Å². The molecular formula is C19H22N2O3. The monoisotopic (exact) mass is 326 g/mol. The minimum absolute atomic E-state index is 0.0383. The summed E-state index contributed by atoms with van der Waals surface area (Å²) < 4.78 is 4.65. The number of aliphatic hydroxyl groups is 1. The number of H-pyrrole nitrogens is 1. The summed E-state index contributed by atoms with van der Waals surface area (Å²) >= 11 is 0. The topological polar surface area (TPSA) is 75.2 Å². The molecule has 0 fully saturated rings. The van der Waals surface area contributed by atoms with Gasteiger partial charge in [-0.2, -0.15) is 0 Å². The number of carbonyl (C=O) groups excluding carboxylic acids is 1. The van der Waals surface area contributed by atoms with Crippen molar-refractivity contribution in [2.75, 3.05) is 7.11 Å². The molecule has 5 nitrogen and oxygen atoms in total. The number of aryl methyl sites for hydroxylation is 1. The average Bonchev–Trinajstić information content (AvgIpc) is 2.99. The number of benzene rings is 1. The number of rotatable bonds is 7. The van der Waals surface area contributed by atoms with Crippen molar-refractivity contribution in [2.45, 2.75) is 38.7 Å². The highest BCUT2D eigenvalue weighted by molar-refractivity contribution is 6.07. The van der Waals surface area contributed by atoms with Gasteiger partial charge in [0.05, 0.1) is 24.9 Å². The zero-order chi connectivity index (χ0) is 16.9. The number of methoxy groups -OCH3 is 1. The molecule has 0 spiro atoms. The Kier molecular flexibility index (Phi) is 5.11. The van der Waals surface area contributed by atoms with Crippen molar-refractivity contribution in [3.63, 3.8) is 0 Å². The van der Waals surface area contributed by atoms with Gasteiger partial charge in [0.15, 0.2) is 0 Å². The number of unbranched alkanes of at least 4 members (excludes halogenated alkanes) is 2. The Hall–Kier alpha value is -2.40. The summed E-state index contributed by atoms with van der Waals surface area (Å²) in [5.74, 6) is -0.148. The van der Waals surface area contributed by atoms with Gasteiger partial charge in [-0.05, 0) is 37.0 Å². The van der Waals surface area contributed by atoms with Crippen LogP contribution in [0.2, 0.25) is 0 Å². The number of nitrogens with one attached hydrogen (secondary N) is 1. The fourth-order valence-electron chi connectivity index (χ4n) is 3.06. The van der Waals surface area contributed by atoms with E-state index in [-0.39, 0.29) is 12.6 Å². The minimum atomic E-state index is -0.148. The molecule has 1 aromatic carbocycles. The Morgan fingerprint density at radius 3 is 2.88 bits per heavy atom. The van der Waals surface area contributed by atoms with E-state index in [1.807, 2.05) is 30.5 Å². The molecule has 0 aliphatic heterocycles. The number of esters is 1. The summed E-state index contributed by atoms with van der Waals surface area (Å²) in [6, 6.07) is 7.99. The van der Waals surface area contributed by atoms with Gasteiger partial charge in [-0.1, -0.05) is 18.6 Å². The van der Waals surface area contributed by atoms with E-state index >= 15 is 0 Å². The number of pyridine rings is 1. The molecule has 0 aliphatic carbocycles. The van der Waals surface area contributed by atoms with Crippen LogP contribution in [0.3, 0.4) is 0 Å². The predicted octanol–water partition coefficient (Wildman–Crippen LogP) is 3.48. The van der Waals surface area contributed by atoms with E-state index in [0.29, 0.717) is 6.42 Å². The number of hydrogen-bond acceptors (Lipinski definition) is 4. The third kappa shape index (κ3) is 3.41. The van der Waals surface area contributed by atoms with Gasteiger partial charge in [0, 0.05) is 28.9 Å². The van der Waals surface area contributed by atoms with Crippen LogP contribution in [0.15, 0.2) is 30.5 Å². The molecule has 0 aliphatic rings. The molecule has 0 amide bonds. The van der Waals surface area contributed by atoms with Crippen LogP contribution < -0.4 is 0 Å². The molecule has 2 aromatic heterocycles. The maximum atomic E-state index is 11.1. The summed E-state index contributed by atoms with van der Waals surface area (Å²) in [5.41, 5.74) is 4.03. The maximum absolute atomic E-state index is 11.1. The van der Waals surface area contributed by atoms with E-state index in [4.69, 9.17) is 0 Å². The lowest BCUT2D eigenvalue weighted by Gasteiger charge is -2.03. The lowest BCUT2D eigenvalue weighted by atomic mass is 10.1. The highest BCUT2D eigenvalue weighted by atomic mass is 16.5. The van der Waals surface area contributed by atoms with Crippen LogP contribution in [-0.2, 0) is 22.6 Å². The van der Waals surface area contributed by atoms with Gasteiger partial charge in [0.2, 0.25) is 0 Å². The van der Waals surface area contributed by atoms with Crippen molar-refractivity contribution >= 4 is 27.8 Å². The summed E-state index contributed by atoms with van der Waals surface area (Å²) in [6.45, 7) is 0.0383. The normalized spacial score (nSPS) is 11.2. The quantitative estimate of drug-likeness (QED) is 0.515. The van der Waals surface area contributed by atoms with Crippen molar-refractivity contribution < 1.29 is 14.6 Å². The Bertz CT molecular complexity index is 854. The molecule has 0 radical (unpaired) electrons. The molecule has 3 aromatic rings. The molecule has 126 valence electrons. The van der Waals surface area contributed by atoms with Gasteiger partial charge in [0.1, 0.15) is 0 Å². The summed E-state index contributed by atoms with van der Waals surface area (Å²) in [6.07, 6.45) is 6.00. The lowest BCUT2D eigenvalue weighted by Crippen LogP contribution is -1.99. The van der Waals surface area contributed by atoms with Crippen molar-refractivity contribution in [1.82, 2.24) is 9.97 Å². The molecule has 24 heavy (non-hydrogen) atoms. The molecular weight excluding hydrogens is 304 g/mol. The minimum Gasteiger partial charge on any atom is -0.469 e. The Morgan fingerprint density at radius 1 is 1.21 bits per heavy atom. The molecule has 3 rings (SSSR count). The first-order valence-electron chi connectivity index (χ1n) is 8.29. The zero-order valence-corrected chi connectivity index (χ0v) is 13.8. The van der Waals surface area contributed by atoms with Crippen molar-refractivity contribution in [2.24, 2.45) is 0 Å². The fraction of sp³-hybridized carbons (Fsp3) is 0.368. The van der Waals surface area contributed by atoms with Gasteiger partial charge in [-0.3, -0.25) is 9.78 Å². The van der Waals surface area contributed by atoms with Gasteiger partial charge in [0.25, 0.3) is 0 Å². The highest BCUT2D eigenvalue weighted by Gasteiger charge is 2.09. The number of nitrogens with zero attached hydrogens (tertiary/aromatic N) is 1. The van der Waals surface area contributed by atoms with E-state index in [1.165, 1.54) is 7.11 Å². The second kappa shape index (κ2) is 7.45. The zero-order valence-electron chi connectivity index (χ0n) is 13.8. The van der Waals surface area contributed by atoms with Crippen LogP contribution in [0.4, 0.5) is 0 Å². The molecule has 5 heteroatoms. The van der Waals surface area contributed by atoms with E-state index in [0.717, 1.165) is 58.7 Å². The van der Waals surface area contributed by atoms with Crippen LogP contribution in [0.25, 0.3) is 21.8 Å². The highest BCUT2D eigenvalue weighted by Crippen LogP contribution is 2.28. The first-order valence-corrected chi connectivity index (χ1v) is 8.29. The van der Waals surface area contributed by atoms with Crippen molar-refractivity contribution in [1.29, 1.82) is 0 Å². The first-order chi connectivity index (χ1) is 11.7. The molecule has 0 atom stereocenters. The number of aromatic nitrogens is 2. The number of aliphatic hydroxyl groups excluding tert-OH is 1. The van der Waals surface area contributed by atoms with E-state index in [1.54, 1.807) is 0 Å². The second-order valence-corrected chi connectivity index (χ2v) is 5.98. The van der Waals surface area contributed by atoms with Gasteiger partial charge in [-0.15, -0.1) is 0 Å². The van der Waals surface area contributed by atoms with Crippen molar-refractivity contribution in [3.05, 3.63) is 41.7 Å².